The van der Waals surface area contributed by atoms with E-state index in [4.69, 9.17) is 17.3 Å². The van der Waals surface area contributed by atoms with Crippen molar-refractivity contribution in [3.05, 3.63) is 102 Å². The number of carbonyl (C=O) groups is 1. The van der Waals surface area contributed by atoms with Crippen molar-refractivity contribution in [1.29, 1.82) is 0 Å². The number of piperazine rings is 1. The summed E-state index contributed by atoms with van der Waals surface area (Å²) in [5.74, 6) is 0.0179. The lowest BCUT2D eigenvalue weighted by atomic mass is 10.1. The minimum atomic E-state index is 0.0179. The summed E-state index contributed by atoms with van der Waals surface area (Å²) in [5.41, 5.74) is 6.04. The van der Waals surface area contributed by atoms with Crippen molar-refractivity contribution < 1.29 is 4.79 Å². The summed E-state index contributed by atoms with van der Waals surface area (Å²) in [5, 5.41) is 9.54. The van der Waals surface area contributed by atoms with E-state index >= 15 is 0 Å². The number of hydrogen-bond acceptors (Lipinski definition) is 5. The van der Waals surface area contributed by atoms with E-state index in [2.05, 4.69) is 39.4 Å². The zero-order valence-electron chi connectivity index (χ0n) is 20.1. The smallest absolute Gasteiger partial charge is 0.234 e. The first-order chi connectivity index (χ1) is 17.7. The molecule has 1 fully saturated rings. The molecule has 7 heteroatoms. The molecule has 6 nitrogen and oxygen atoms in total. The van der Waals surface area contributed by atoms with Gasteiger partial charge in [0.25, 0.3) is 0 Å². The topological polar surface area (TPSA) is 53.4 Å². The van der Waals surface area contributed by atoms with Crippen LogP contribution < -0.4 is 10.2 Å². The van der Waals surface area contributed by atoms with Crippen molar-refractivity contribution in [2.75, 3.05) is 37.6 Å². The van der Waals surface area contributed by atoms with E-state index in [-0.39, 0.29) is 5.91 Å². The van der Waals surface area contributed by atoms with E-state index in [1.165, 1.54) is 5.69 Å². The van der Waals surface area contributed by atoms with Gasteiger partial charge in [0.15, 0.2) is 0 Å². The molecular formula is C29H29N5OS. The number of amides is 1. The van der Waals surface area contributed by atoms with E-state index in [0.717, 1.165) is 54.4 Å². The van der Waals surface area contributed by atoms with Crippen LogP contribution in [-0.4, -0.2) is 58.7 Å². The van der Waals surface area contributed by atoms with Gasteiger partial charge in [-0.25, -0.2) is 4.68 Å². The van der Waals surface area contributed by atoms with Crippen molar-refractivity contribution in [2.45, 2.75) is 6.54 Å². The Kier molecular flexibility index (Phi) is 7.50. The number of nitrogens with one attached hydrogen (secondary N) is 1. The SMILES string of the molecule is O=C(CN1CCN(c2ccccc2)CC1)NCc1cc(-c2ccc(C=S)cc2)n(-c2ccccc2)n1. The molecule has 0 spiro atoms. The summed E-state index contributed by atoms with van der Waals surface area (Å²) in [6.45, 7) is 4.36. The quantitative estimate of drug-likeness (QED) is 0.369. The Morgan fingerprint density at radius 2 is 1.50 bits per heavy atom. The van der Waals surface area contributed by atoms with Crippen molar-refractivity contribution in [1.82, 2.24) is 20.0 Å². The van der Waals surface area contributed by atoms with Gasteiger partial charge in [-0.05, 0) is 35.9 Å². The van der Waals surface area contributed by atoms with Gasteiger partial charge >= 0.3 is 0 Å². The number of para-hydroxylation sites is 2. The molecule has 1 N–H and O–H groups in total. The third-order valence-corrected chi connectivity index (χ3v) is 6.70. The normalized spacial score (nSPS) is 13.9. The van der Waals surface area contributed by atoms with Crippen molar-refractivity contribution in [2.24, 2.45) is 0 Å². The molecule has 1 aliphatic heterocycles. The number of aromatic nitrogens is 2. The number of rotatable bonds is 8. The molecule has 1 saturated heterocycles. The van der Waals surface area contributed by atoms with Crippen LogP contribution in [0.2, 0.25) is 0 Å². The van der Waals surface area contributed by atoms with Gasteiger partial charge < -0.3 is 10.2 Å². The molecule has 1 amide bonds. The standard InChI is InChI=1S/C29H29N5OS/c35-29(21-32-15-17-33(18-16-32)26-7-3-1-4-8-26)30-20-25-19-28(24-13-11-23(22-36)12-14-24)34(31-25)27-9-5-2-6-10-27/h1-14,19,22H,15-18,20-21H2,(H,30,35). The molecule has 0 unspecified atom stereocenters. The van der Waals surface area contributed by atoms with Gasteiger partial charge in [-0.1, -0.05) is 72.9 Å². The summed E-state index contributed by atoms with van der Waals surface area (Å²) in [6.07, 6.45) is 0. The number of anilines is 1. The molecule has 0 aliphatic carbocycles. The van der Waals surface area contributed by atoms with Crippen LogP contribution in [0.25, 0.3) is 16.9 Å². The molecule has 0 bridgehead atoms. The van der Waals surface area contributed by atoms with Crippen molar-refractivity contribution in [3.63, 3.8) is 0 Å². The van der Waals surface area contributed by atoms with Gasteiger partial charge in [-0.2, -0.15) is 5.10 Å². The molecule has 5 rings (SSSR count). The molecule has 36 heavy (non-hydrogen) atoms. The van der Waals surface area contributed by atoms with Crippen LogP contribution in [0.3, 0.4) is 0 Å². The van der Waals surface area contributed by atoms with Crippen LogP contribution in [0.1, 0.15) is 11.3 Å². The second-order valence-electron chi connectivity index (χ2n) is 8.88. The zero-order valence-corrected chi connectivity index (χ0v) is 20.9. The summed E-state index contributed by atoms with van der Waals surface area (Å²) >= 11 is 5.04. The van der Waals surface area contributed by atoms with E-state index in [1.807, 2.05) is 71.4 Å². The Morgan fingerprint density at radius 1 is 0.861 bits per heavy atom. The lowest BCUT2D eigenvalue weighted by molar-refractivity contribution is -0.122. The van der Waals surface area contributed by atoms with Crippen LogP contribution >= 0.6 is 12.2 Å². The maximum Gasteiger partial charge on any atom is 0.234 e. The predicted octanol–water partition coefficient (Wildman–Crippen LogP) is 4.33. The van der Waals surface area contributed by atoms with Crippen LogP contribution in [0.4, 0.5) is 5.69 Å². The molecule has 1 aliphatic rings. The molecule has 0 radical (unpaired) electrons. The number of benzene rings is 3. The van der Waals surface area contributed by atoms with Crippen molar-refractivity contribution in [3.8, 4) is 16.9 Å². The highest BCUT2D eigenvalue weighted by atomic mass is 32.1. The largest absolute Gasteiger partial charge is 0.369 e. The molecule has 1 aromatic heterocycles. The fourth-order valence-corrected chi connectivity index (χ4v) is 4.63. The first-order valence-corrected chi connectivity index (χ1v) is 12.7. The van der Waals surface area contributed by atoms with Crippen molar-refractivity contribution >= 4 is 29.2 Å². The number of carbonyl (C=O) groups excluding carboxylic acids is 1. The van der Waals surface area contributed by atoms with Gasteiger partial charge in [0.2, 0.25) is 5.91 Å². The molecule has 4 aromatic rings. The van der Waals surface area contributed by atoms with E-state index in [1.54, 1.807) is 5.37 Å². The fraction of sp³-hybridized carbons (Fsp3) is 0.207. The van der Waals surface area contributed by atoms with Gasteiger partial charge in [0.05, 0.1) is 30.2 Å². The Hall–Kier alpha value is -3.81. The lowest BCUT2D eigenvalue weighted by Crippen LogP contribution is -2.49. The van der Waals surface area contributed by atoms with E-state index in [9.17, 15) is 4.79 Å². The number of thiocarbonyl (C=S) groups is 1. The molecular weight excluding hydrogens is 466 g/mol. The Labute approximate surface area is 217 Å². The number of hydrogen-bond donors (Lipinski definition) is 1. The summed E-state index contributed by atoms with van der Waals surface area (Å²) in [4.78, 5) is 17.3. The molecule has 0 saturated carbocycles. The highest BCUT2D eigenvalue weighted by Crippen LogP contribution is 2.24. The highest BCUT2D eigenvalue weighted by Gasteiger charge is 2.19. The van der Waals surface area contributed by atoms with E-state index in [0.29, 0.717) is 13.1 Å². The third-order valence-electron chi connectivity index (χ3n) is 6.43. The fourth-order valence-electron chi connectivity index (χ4n) is 4.47. The Balaban J connectivity index is 1.22. The maximum atomic E-state index is 12.7. The van der Waals surface area contributed by atoms with Gasteiger partial charge in [-0.15, -0.1) is 0 Å². The summed E-state index contributed by atoms with van der Waals surface area (Å²) in [7, 11) is 0. The first kappa shape index (κ1) is 23.9. The number of nitrogens with zero attached hydrogens (tertiary/aromatic N) is 4. The second-order valence-corrected chi connectivity index (χ2v) is 9.12. The molecule has 3 aromatic carbocycles. The Morgan fingerprint density at radius 3 is 2.14 bits per heavy atom. The van der Waals surface area contributed by atoms with Gasteiger partial charge in [0, 0.05) is 42.8 Å². The predicted molar refractivity (Wildman–Crippen MR) is 149 cm³/mol. The summed E-state index contributed by atoms with van der Waals surface area (Å²) in [6, 6.07) is 30.6. The van der Waals surface area contributed by atoms with Crippen LogP contribution in [0.15, 0.2) is 91.0 Å². The van der Waals surface area contributed by atoms with Crippen LogP contribution in [-0.2, 0) is 11.3 Å². The maximum absolute atomic E-state index is 12.7. The Bertz CT molecular complexity index is 1300. The average Bonchev–Trinajstić information content (AvgIpc) is 3.38. The minimum absolute atomic E-state index is 0.0179. The monoisotopic (exact) mass is 495 g/mol. The van der Waals surface area contributed by atoms with Crippen LogP contribution in [0, 0.1) is 0 Å². The third kappa shape index (κ3) is 5.70. The molecule has 2 heterocycles. The zero-order chi connectivity index (χ0) is 24.7. The van der Waals surface area contributed by atoms with Gasteiger partial charge in [-0.3, -0.25) is 9.69 Å². The average molecular weight is 496 g/mol. The summed E-state index contributed by atoms with van der Waals surface area (Å²) < 4.78 is 1.93. The second kappa shape index (κ2) is 11.3. The van der Waals surface area contributed by atoms with E-state index < -0.39 is 0 Å². The lowest BCUT2D eigenvalue weighted by Gasteiger charge is -2.35. The minimum Gasteiger partial charge on any atom is -0.369 e. The van der Waals surface area contributed by atoms with Crippen LogP contribution in [0.5, 0.6) is 0 Å². The van der Waals surface area contributed by atoms with Gasteiger partial charge in [0.1, 0.15) is 0 Å². The first-order valence-electron chi connectivity index (χ1n) is 12.2. The highest BCUT2D eigenvalue weighted by molar-refractivity contribution is 7.79. The molecule has 0 atom stereocenters. The molecule has 182 valence electrons.